The van der Waals surface area contributed by atoms with Gasteiger partial charge in [0.15, 0.2) is 0 Å². The molecule has 5 heteroatoms. The van der Waals surface area contributed by atoms with Crippen LogP contribution in [0, 0.1) is 6.92 Å². The van der Waals surface area contributed by atoms with Gasteiger partial charge in [-0.15, -0.1) is 11.3 Å². The van der Waals surface area contributed by atoms with Gasteiger partial charge in [-0.25, -0.2) is 9.97 Å². The molecule has 1 N–H and O–H groups in total. The second-order valence-electron chi connectivity index (χ2n) is 6.48. The van der Waals surface area contributed by atoms with Gasteiger partial charge in [0.1, 0.15) is 12.1 Å². The quantitative estimate of drug-likeness (QED) is 0.787. The average molecular weight is 338 g/mol. The molecule has 3 heterocycles. The van der Waals surface area contributed by atoms with Gasteiger partial charge in [-0.2, -0.15) is 0 Å². The summed E-state index contributed by atoms with van der Waals surface area (Å²) >= 11 is 1.75. The minimum atomic E-state index is 0.550. The second kappa shape index (κ2) is 6.49. The summed E-state index contributed by atoms with van der Waals surface area (Å²) < 4.78 is 1.19. The molecular weight excluding hydrogens is 316 g/mol. The molecule has 4 nitrogen and oxygen atoms in total. The fraction of sp³-hybridized carbons (Fsp3) is 0.368. The lowest BCUT2D eigenvalue weighted by atomic mass is 10.0. The predicted molar refractivity (Wildman–Crippen MR) is 102 cm³/mol. The minimum Gasteiger partial charge on any atom is -0.355 e. The van der Waals surface area contributed by atoms with Crippen LogP contribution in [0.1, 0.15) is 18.4 Å². The fourth-order valence-corrected chi connectivity index (χ4v) is 4.45. The third-order valence-corrected chi connectivity index (χ3v) is 5.85. The summed E-state index contributed by atoms with van der Waals surface area (Å²) in [5, 5.41) is 5.64. The van der Waals surface area contributed by atoms with Gasteiger partial charge in [-0.1, -0.05) is 29.8 Å². The molecule has 4 rings (SSSR count). The molecule has 124 valence electrons. The van der Waals surface area contributed by atoms with Crippen LogP contribution in [0.5, 0.6) is 0 Å². The van der Waals surface area contributed by atoms with Gasteiger partial charge in [0.05, 0.1) is 10.2 Å². The van der Waals surface area contributed by atoms with E-state index >= 15 is 0 Å². The van der Waals surface area contributed by atoms with E-state index in [-0.39, 0.29) is 0 Å². The highest BCUT2D eigenvalue weighted by Gasteiger charge is 2.22. The van der Waals surface area contributed by atoms with Crippen molar-refractivity contribution in [3.63, 3.8) is 0 Å². The van der Waals surface area contributed by atoms with Crippen molar-refractivity contribution < 1.29 is 0 Å². The van der Waals surface area contributed by atoms with Crippen LogP contribution in [0.3, 0.4) is 0 Å². The summed E-state index contributed by atoms with van der Waals surface area (Å²) in [6.45, 7) is 4.29. The number of anilines is 1. The lowest BCUT2D eigenvalue weighted by molar-refractivity contribution is 0.442. The molecule has 0 unspecified atom stereocenters. The van der Waals surface area contributed by atoms with E-state index in [1.54, 1.807) is 17.7 Å². The van der Waals surface area contributed by atoms with Gasteiger partial charge in [0, 0.05) is 24.0 Å². The molecule has 1 saturated heterocycles. The van der Waals surface area contributed by atoms with Crippen molar-refractivity contribution in [2.24, 2.45) is 0 Å². The molecule has 0 radical (unpaired) electrons. The van der Waals surface area contributed by atoms with Crippen molar-refractivity contribution in [1.29, 1.82) is 0 Å². The van der Waals surface area contributed by atoms with Gasteiger partial charge >= 0.3 is 0 Å². The Morgan fingerprint density at radius 3 is 2.62 bits per heavy atom. The number of fused-ring (bicyclic) bond motifs is 1. The Morgan fingerprint density at radius 2 is 1.88 bits per heavy atom. The number of nitrogens with one attached hydrogen (secondary N) is 1. The Bertz CT molecular complexity index is 834. The number of nitrogens with zero attached hydrogens (tertiary/aromatic N) is 3. The zero-order valence-electron chi connectivity index (χ0n) is 14.1. The Morgan fingerprint density at radius 1 is 1.12 bits per heavy atom. The summed E-state index contributed by atoms with van der Waals surface area (Å²) in [6, 6.07) is 9.21. The zero-order valence-corrected chi connectivity index (χ0v) is 14.9. The number of aromatic nitrogens is 2. The predicted octanol–water partition coefficient (Wildman–Crippen LogP) is 3.85. The first-order valence-electron chi connectivity index (χ1n) is 8.47. The molecule has 1 fully saturated rings. The highest BCUT2D eigenvalue weighted by molar-refractivity contribution is 7.18. The normalized spacial score (nSPS) is 15.8. The van der Waals surface area contributed by atoms with Crippen molar-refractivity contribution in [2.45, 2.75) is 25.8 Å². The van der Waals surface area contributed by atoms with Crippen molar-refractivity contribution in [2.75, 3.05) is 25.0 Å². The van der Waals surface area contributed by atoms with Crippen molar-refractivity contribution >= 4 is 27.4 Å². The minimum absolute atomic E-state index is 0.550. The summed E-state index contributed by atoms with van der Waals surface area (Å²) in [6.07, 6.45) is 4.04. The van der Waals surface area contributed by atoms with E-state index in [2.05, 4.69) is 63.8 Å². The third kappa shape index (κ3) is 2.78. The van der Waals surface area contributed by atoms with E-state index in [4.69, 9.17) is 0 Å². The summed E-state index contributed by atoms with van der Waals surface area (Å²) in [5.41, 5.74) is 4.77. The fourth-order valence-electron chi connectivity index (χ4n) is 3.39. The van der Waals surface area contributed by atoms with Crippen LogP contribution in [0.25, 0.3) is 21.3 Å². The maximum absolute atomic E-state index is 4.61. The van der Waals surface area contributed by atoms with Crippen LogP contribution in [0.4, 0.5) is 5.82 Å². The molecule has 24 heavy (non-hydrogen) atoms. The Labute approximate surface area is 146 Å². The Kier molecular flexibility index (Phi) is 4.21. The van der Waals surface area contributed by atoms with Crippen LogP contribution in [-0.2, 0) is 0 Å². The largest absolute Gasteiger partial charge is 0.355 e. The zero-order chi connectivity index (χ0) is 16.5. The van der Waals surface area contributed by atoms with Crippen LogP contribution in [-0.4, -0.2) is 36.1 Å². The van der Waals surface area contributed by atoms with E-state index in [9.17, 15) is 0 Å². The number of thiophene rings is 1. The van der Waals surface area contributed by atoms with Gasteiger partial charge in [0.25, 0.3) is 0 Å². The van der Waals surface area contributed by atoms with E-state index in [0.29, 0.717) is 6.04 Å². The topological polar surface area (TPSA) is 41.0 Å². The number of aryl methyl sites for hydroxylation is 1. The first-order chi connectivity index (χ1) is 11.7. The van der Waals surface area contributed by atoms with Crippen LogP contribution in [0.15, 0.2) is 36.0 Å². The first-order valence-corrected chi connectivity index (χ1v) is 9.35. The van der Waals surface area contributed by atoms with Gasteiger partial charge in [0.2, 0.25) is 0 Å². The van der Waals surface area contributed by atoms with Gasteiger partial charge in [-0.3, -0.25) is 0 Å². The molecule has 0 spiro atoms. The lowest BCUT2D eigenvalue weighted by Crippen LogP contribution is -2.41. The van der Waals surface area contributed by atoms with E-state index in [0.717, 1.165) is 37.3 Å². The third-order valence-electron chi connectivity index (χ3n) is 4.89. The van der Waals surface area contributed by atoms with E-state index in [1.165, 1.54) is 21.4 Å². The Balaban J connectivity index is 1.74. The summed E-state index contributed by atoms with van der Waals surface area (Å²) in [4.78, 5) is 11.5. The molecule has 0 saturated carbocycles. The molecule has 0 bridgehead atoms. The molecule has 0 aliphatic carbocycles. The molecular formula is C19H22N4S. The molecule has 2 aromatic heterocycles. The number of hydrogen-bond acceptors (Lipinski definition) is 5. The van der Waals surface area contributed by atoms with Crippen molar-refractivity contribution in [1.82, 2.24) is 15.3 Å². The highest BCUT2D eigenvalue weighted by Crippen LogP contribution is 2.37. The van der Waals surface area contributed by atoms with E-state index in [1.807, 2.05) is 0 Å². The maximum atomic E-state index is 4.61. The molecule has 0 atom stereocenters. The summed E-state index contributed by atoms with van der Waals surface area (Å²) in [7, 11) is 2.17. The number of benzene rings is 1. The van der Waals surface area contributed by atoms with Crippen LogP contribution >= 0.6 is 11.3 Å². The summed E-state index contributed by atoms with van der Waals surface area (Å²) in [5.74, 6) is 1.07. The van der Waals surface area contributed by atoms with Crippen molar-refractivity contribution in [3.8, 4) is 11.1 Å². The van der Waals surface area contributed by atoms with Gasteiger partial charge < -0.3 is 10.2 Å². The van der Waals surface area contributed by atoms with Crippen LogP contribution in [0.2, 0.25) is 0 Å². The molecule has 3 aromatic rings. The first kappa shape index (κ1) is 15.5. The van der Waals surface area contributed by atoms with Gasteiger partial charge in [-0.05, 0) is 38.4 Å². The second-order valence-corrected chi connectivity index (χ2v) is 7.36. The smallest absolute Gasteiger partial charge is 0.150 e. The number of rotatable bonds is 3. The monoisotopic (exact) mass is 338 g/mol. The Hall–Kier alpha value is -1.98. The molecule has 1 aliphatic heterocycles. The average Bonchev–Trinajstić information content (AvgIpc) is 3.07. The lowest BCUT2D eigenvalue weighted by Gasteiger charge is -2.32. The highest BCUT2D eigenvalue weighted by atomic mass is 32.1. The number of piperidine rings is 1. The molecule has 0 amide bonds. The molecule has 1 aromatic carbocycles. The van der Waals surface area contributed by atoms with Crippen LogP contribution < -0.4 is 10.2 Å². The maximum Gasteiger partial charge on any atom is 0.150 e. The van der Waals surface area contributed by atoms with E-state index < -0.39 is 0 Å². The SMILES string of the molecule is Cc1ccc(-c2csc3c(N(C)C4CCNCC4)ncnc23)cc1. The number of hydrogen-bond donors (Lipinski definition) is 1. The standard InChI is InChI=1S/C19H22N4S/c1-13-3-5-14(6-4-13)16-11-24-18-17(16)21-12-22-19(18)23(2)15-7-9-20-10-8-15/h3-6,11-12,15,20H,7-10H2,1-2H3. The van der Waals surface area contributed by atoms with Crippen molar-refractivity contribution in [3.05, 3.63) is 41.5 Å². The molecule has 1 aliphatic rings.